The summed E-state index contributed by atoms with van der Waals surface area (Å²) in [7, 11) is 0. The predicted octanol–water partition coefficient (Wildman–Crippen LogP) is 3.56. The van der Waals surface area contributed by atoms with Crippen LogP contribution in [-0.2, 0) is 11.2 Å². The van der Waals surface area contributed by atoms with Gasteiger partial charge in [0, 0.05) is 73.0 Å². The van der Waals surface area contributed by atoms with E-state index in [2.05, 4.69) is 21.9 Å². The topological polar surface area (TPSA) is 70.2 Å². The first kappa shape index (κ1) is 19.2. The zero-order valence-electron chi connectivity index (χ0n) is 16.6. The molecular formula is C23H23ClN4O2. The van der Waals surface area contributed by atoms with E-state index in [0.717, 1.165) is 46.6 Å². The molecule has 0 bridgehead atoms. The molecule has 30 heavy (non-hydrogen) atoms. The summed E-state index contributed by atoms with van der Waals surface area (Å²) in [5.41, 5.74) is 2.62. The molecule has 1 aromatic carbocycles. The minimum Gasteiger partial charge on any atom is -0.476 e. The number of carbonyl (C=O) groups is 1. The number of hydrogen-bond donors (Lipinski definition) is 2. The molecule has 2 N–H and O–H groups in total. The molecule has 1 saturated heterocycles. The number of aromatic nitrogens is 2. The van der Waals surface area contributed by atoms with Gasteiger partial charge in [0.1, 0.15) is 11.4 Å². The number of hydrogen-bond acceptors (Lipinski definition) is 4. The van der Waals surface area contributed by atoms with E-state index in [1.165, 1.54) is 0 Å². The Bertz CT molecular complexity index is 1140. The molecule has 3 aromatic rings. The van der Waals surface area contributed by atoms with E-state index < -0.39 is 5.60 Å². The smallest absolute Gasteiger partial charge is 0.267 e. The molecule has 5 rings (SSSR count). The van der Waals surface area contributed by atoms with Gasteiger partial charge in [-0.15, -0.1) is 6.58 Å². The van der Waals surface area contributed by atoms with Crippen LogP contribution in [0, 0.1) is 0 Å². The van der Waals surface area contributed by atoms with E-state index in [4.69, 9.17) is 16.3 Å². The average Bonchev–Trinajstić information content (AvgIpc) is 3.38. The lowest BCUT2D eigenvalue weighted by atomic mass is 9.90. The maximum atomic E-state index is 13.6. The lowest BCUT2D eigenvalue weighted by Crippen LogP contribution is -2.56. The molecule has 1 amide bonds. The molecule has 6 nitrogen and oxygen atoms in total. The third-order valence-electron chi connectivity index (χ3n) is 5.92. The number of pyridine rings is 1. The Balaban J connectivity index is 1.60. The number of benzene rings is 1. The standard InChI is InChI=1S/C23H23ClN4O2/c1-2-5-23(22(29)28-10-8-25-9-11-28)14-15-12-16(24)13-19(20(15)30-23)17-3-6-26-21-18(17)4-7-27-21/h2-4,6-7,12-13,25H,1,5,8-11,14H2,(H,26,27)/t23-/m0/s1. The zero-order valence-corrected chi connectivity index (χ0v) is 17.3. The van der Waals surface area contributed by atoms with Gasteiger partial charge in [-0.05, 0) is 29.8 Å². The van der Waals surface area contributed by atoms with Crippen molar-refractivity contribution in [3.63, 3.8) is 0 Å². The maximum absolute atomic E-state index is 13.6. The summed E-state index contributed by atoms with van der Waals surface area (Å²) in [6.07, 6.45) is 6.31. The van der Waals surface area contributed by atoms with Gasteiger partial charge >= 0.3 is 0 Å². The highest BCUT2D eigenvalue weighted by Crippen LogP contribution is 2.47. The molecule has 7 heteroatoms. The second-order valence-electron chi connectivity index (χ2n) is 7.85. The van der Waals surface area contributed by atoms with Gasteiger partial charge in [-0.25, -0.2) is 4.98 Å². The normalized spacial score (nSPS) is 20.8. The van der Waals surface area contributed by atoms with Crippen molar-refractivity contribution in [3.05, 3.63) is 59.9 Å². The number of fused-ring (bicyclic) bond motifs is 2. The molecule has 0 unspecified atom stereocenters. The van der Waals surface area contributed by atoms with Gasteiger partial charge < -0.3 is 19.9 Å². The van der Waals surface area contributed by atoms with Gasteiger partial charge in [0.15, 0.2) is 5.60 Å². The van der Waals surface area contributed by atoms with Crippen LogP contribution < -0.4 is 10.1 Å². The van der Waals surface area contributed by atoms with Crippen LogP contribution in [0.1, 0.15) is 12.0 Å². The number of piperazine rings is 1. The lowest BCUT2D eigenvalue weighted by Gasteiger charge is -2.35. The second kappa shape index (κ2) is 7.45. The van der Waals surface area contributed by atoms with Crippen LogP contribution in [0.2, 0.25) is 5.02 Å². The fraction of sp³-hybridized carbons (Fsp3) is 0.304. The number of nitrogens with zero attached hydrogens (tertiary/aromatic N) is 2. The Morgan fingerprint density at radius 3 is 2.93 bits per heavy atom. The van der Waals surface area contributed by atoms with Gasteiger partial charge in [0.05, 0.1) is 0 Å². The van der Waals surface area contributed by atoms with Crippen LogP contribution in [0.4, 0.5) is 0 Å². The number of nitrogens with one attached hydrogen (secondary N) is 2. The number of amides is 1. The average molecular weight is 423 g/mol. The number of ether oxygens (including phenoxy) is 1. The highest BCUT2D eigenvalue weighted by Gasteiger charge is 2.48. The van der Waals surface area contributed by atoms with E-state index in [9.17, 15) is 4.79 Å². The molecular weight excluding hydrogens is 400 g/mol. The molecule has 4 heterocycles. The van der Waals surface area contributed by atoms with Crippen molar-refractivity contribution < 1.29 is 9.53 Å². The Hall–Kier alpha value is -2.83. The highest BCUT2D eigenvalue weighted by molar-refractivity contribution is 6.31. The number of aromatic amines is 1. The largest absolute Gasteiger partial charge is 0.476 e. The van der Waals surface area contributed by atoms with Crippen molar-refractivity contribution in [2.45, 2.75) is 18.4 Å². The Morgan fingerprint density at radius 2 is 2.13 bits per heavy atom. The van der Waals surface area contributed by atoms with Gasteiger partial charge in [-0.1, -0.05) is 17.7 Å². The summed E-state index contributed by atoms with van der Waals surface area (Å²) in [5, 5.41) is 4.90. The van der Waals surface area contributed by atoms with Crippen LogP contribution in [0.3, 0.4) is 0 Å². The van der Waals surface area contributed by atoms with Gasteiger partial charge in [0.2, 0.25) is 0 Å². The molecule has 2 aliphatic rings. The summed E-state index contributed by atoms with van der Waals surface area (Å²) < 4.78 is 6.54. The molecule has 1 fully saturated rings. The number of halogens is 1. The number of rotatable bonds is 4. The molecule has 0 saturated carbocycles. The van der Waals surface area contributed by atoms with E-state index in [1.54, 1.807) is 12.3 Å². The predicted molar refractivity (Wildman–Crippen MR) is 118 cm³/mol. The first-order chi connectivity index (χ1) is 14.6. The molecule has 1 atom stereocenters. The summed E-state index contributed by atoms with van der Waals surface area (Å²) in [6, 6.07) is 7.76. The van der Waals surface area contributed by atoms with Crippen LogP contribution in [0.25, 0.3) is 22.2 Å². The minimum atomic E-state index is -0.981. The molecule has 154 valence electrons. The van der Waals surface area contributed by atoms with E-state index in [1.807, 2.05) is 35.4 Å². The van der Waals surface area contributed by atoms with E-state index >= 15 is 0 Å². The van der Waals surface area contributed by atoms with Crippen molar-refractivity contribution in [1.82, 2.24) is 20.2 Å². The van der Waals surface area contributed by atoms with E-state index in [0.29, 0.717) is 31.0 Å². The molecule has 0 radical (unpaired) electrons. The first-order valence-corrected chi connectivity index (χ1v) is 10.5. The maximum Gasteiger partial charge on any atom is 0.267 e. The van der Waals surface area contributed by atoms with Crippen molar-refractivity contribution in [2.75, 3.05) is 26.2 Å². The van der Waals surface area contributed by atoms with Crippen molar-refractivity contribution in [2.24, 2.45) is 0 Å². The van der Waals surface area contributed by atoms with Crippen LogP contribution in [-0.4, -0.2) is 52.6 Å². The van der Waals surface area contributed by atoms with Gasteiger partial charge in [-0.3, -0.25) is 4.79 Å². The Morgan fingerprint density at radius 1 is 1.30 bits per heavy atom. The monoisotopic (exact) mass is 422 g/mol. The third-order valence-corrected chi connectivity index (χ3v) is 6.14. The summed E-state index contributed by atoms with van der Waals surface area (Å²) in [4.78, 5) is 23.0. The fourth-order valence-corrected chi connectivity index (χ4v) is 4.79. The van der Waals surface area contributed by atoms with Crippen LogP contribution in [0.5, 0.6) is 5.75 Å². The van der Waals surface area contributed by atoms with Gasteiger partial charge in [0.25, 0.3) is 5.91 Å². The van der Waals surface area contributed by atoms with Crippen molar-refractivity contribution in [1.29, 1.82) is 0 Å². The second-order valence-corrected chi connectivity index (χ2v) is 8.28. The van der Waals surface area contributed by atoms with Crippen LogP contribution in [0.15, 0.2) is 49.3 Å². The number of H-pyrrole nitrogens is 1. The molecule has 0 aliphatic carbocycles. The summed E-state index contributed by atoms with van der Waals surface area (Å²) in [6.45, 7) is 6.84. The summed E-state index contributed by atoms with van der Waals surface area (Å²) >= 11 is 6.50. The zero-order chi connectivity index (χ0) is 20.7. The Kier molecular flexibility index (Phi) is 4.76. The molecule has 2 aliphatic heterocycles. The van der Waals surface area contributed by atoms with Crippen molar-refractivity contribution in [3.8, 4) is 16.9 Å². The fourth-order valence-electron chi connectivity index (χ4n) is 4.55. The quantitative estimate of drug-likeness (QED) is 0.631. The summed E-state index contributed by atoms with van der Waals surface area (Å²) in [5.74, 6) is 0.738. The lowest BCUT2D eigenvalue weighted by molar-refractivity contribution is -0.147. The molecule has 0 spiro atoms. The van der Waals surface area contributed by atoms with Crippen molar-refractivity contribution >= 4 is 28.5 Å². The van der Waals surface area contributed by atoms with E-state index in [-0.39, 0.29) is 5.91 Å². The highest BCUT2D eigenvalue weighted by atomic mass is 35.5. The SMILES string of the molecule is C=CC[C@@]1(C(=O)N2CCNCC2)Cc2cc(Cl)cc(-c3ccnc4[nH]ccc34)c2O1. The first-order valence-electron chi connectivity index (χ1n) is 10.2. The number of carbonyl (C=O) groups excluding carboxylic acids is 1. The van der Waals surface area contributed by atoms with Gasteiger partial charge in [-0.2, -0.15) is 0 Å². The van der Waals surface area contributed by atoms with Crippen LogP contribution >= 0.6 is 11.6 Å². The third kappa shape index (κ3) is 3.07. The minimum absolute atomic E-state index is 0.0173. The Labute approximate surface area is 179 Å². The molecule has 2 aromatic heterocycles.